The number of ketones is 1. The van der Waals surface area contributed by atoms with Gasteiger partial charge in [0.1, 0.15) is 23.0 Å². The lowest BCUT2D eigenvalue weighted by Crippen LogP contribution is -2.42. The van der Waals surface area contributed by atoms with Crippen molar-refractivity contribution >= 4 is 35.3 Å². The topological polar surface area (TPSA) is 107 Å². The third-order valence-electron chi connectivity index (χ3n) is 3.49. The lowest BCUT2D eigenvalue weighted by atomic mass is 9.70. The number of hydrogen-bond donors (Lipinski definition) is 2. The fourth-order valence-corrected chi connectivity index (χ4v) is 2.47. The van der Waals surface area contributed by atoms with Crippen LogP contribution in [-0.4, -0.2) is 29.6 Å². The van der Waals surface area contributed by atoms with Gasteiger partial charge in [-0.05, 0) is 30.7 Å². The SMILES string of the molecule is C[C@@]1(C#N)C(=O)C(C(=O)NCC=O)=C(O)c2ccc(Cl)cc21. The summed E-state index contributed by atoms with van der Waals surface area (Å²) in [6.07, 6.45) is 0.444. The van der Waals surface area contributed by atoms with E-state index in [9.17, 15) is 24.8 Å². The highest BCUT2D eigenvalue weighted by molar-refractivity contribution is 6.32. The molecule has 1 aliphatic rings. The third-order valence-corrected chi connectivity index (χ3v) is 3.73. The van der Waals surface area contributed by atoms with Crippen LogP contribution in [0.2, 0.25) is 5.02 Å². The fraction of sp³-hybridized carbons (Fsp3) is 0.200. The number of aliphatic hydroxyl groups excluding tert-OH is 1. The van der Waals surface area contributed by atoms with E-state index < -0.39 is 28.4 Å². The zero-order valence-electron chi connectivity index (χ0n) is 11.5. The minimum absolute atomic E-state index is 0.185. The highest BCUT2D eigenvalue weighted by Gasteiger charge is 2.47. The van der Waals surface area contributed by atoms with E-state index in [4.69, 9.17) is 11.6 Å². The van der Waals surface area contributed by atoms with Gasteiger partial charge in [-0.3, -0.25) is 9.59 Å². The van der Waals surface area contributed by atoms with Crippen molar-refractivity contribution < 1.29 is 19.5 Å². The molecule has 1 aromatic rings. The summed E-state index contributed by atoms with van der Waals surface area (Å²) in [5, 5.41) is 22.1. The number of carbonyl (C=O) groups excluding carboxylic acids is 3. The van der Waals surface area contributed by atoms with Crippen LogP contribution in [0.5, 0.6) is 0 Å². The maximum absolute atomic E-state index is 12.5. The van der Waals surface area contributed by atoms with E-state index in [-0.39, 0.29) is 17.7 Å². The Morgan fingerprint density at radius 2 is 2.23 bits per heavy atom. The highest BCUT2D eigenvalue weighted by atomic mass is 35.5. The summed E-state index contributed by atoms with van der Waals surface area (Å²) in [7, 11) is 0. The molecule has 0 saturated carbocycles. The number of hydrogen-bond acceptors (Lipinski definition) is 5. The van der Waals surface area contributed by atoms with Crippen LogP contribution in [0.1, 0.15) is 18.1 Å². The van der Waals surface area contributed by atoms with Crippen LogP contribution in [0.3, 0.4) is 0 Å². The molecule has 0 aliphatic heterocycles. The summed E-state index contributed by atoms with van der Waals surface area (Å²) in [6, 6.07) is 6.19. The smallest absolute Gasteiger partial charge is 0.259 e. The third kappa shape index (κ3) is 2.26. The average Bonchev–Trinajstić information content (AvgIpc) is 2.50. The maximum atomic E-state index is 12.5. The molecule has 7 heteroatoms. The van der Waals surface area contributed by atoms with Crippen LogP contribution in [0, 0.1) is 11.3 Å². The minimum atomic E-state index is -1.65. The van der Waals surface area contributed by atoms with Gasteiger partial charge in [0.05, 0.1) is 12.6 Å². The Hall–Kier alpha value is -2.65. The predicted octanol–water partition coefficient (Wildman–Crippen LogP) is 1.29. The van der Waals surface area contributed by atoms with Crippen molar-refractivity contribution in [2.24, 2.45) is 0 Å². The summed E-state index contributed by atoms with van der Waals surface area (Å²) in [5.74, 6) is -2.28. The van der Waals surface area contributed by atoms with Crippen molar-refractivity contribution in [3.05, 3.63) is 39.9 Å². The number of benzene rings is 1. The fourth-order valence-electron chi connectivity index (χ4n) is 2.30. The largest absolute Gasteiger partial charge is 0.506 e. The Morgan fingerprint density at radius 3 is 2.82 bits per heavy atom. The van der Waals surface area contributed by atoms with Gasteiger partial charge < -0.3 is 15.2 Å². The molecule has 0 unspecified atom stereocenters. The minimum Gasteiger partial charge on any atom is -0.506 e. The molecule has 0 saturated heterocycles. The average molecular weight is 319 g/mol. The van der Waals surface area contributed by atoms with Crippen molar-refractivity contribution in [2.45, 2.75) is 12.3 Å². The maximum Gasteiger partial charge on any atom is 0.259 e. The van der Waals surface area contributed by atoms with Crippen LogP contribution >= 0.6 is 11.6 Å². The monoisotopic (exact) mass is 318 g/mol. The van der Waals surface area contributed by atoms with Gasteiger partial charge in [-0.15, -0.1) is 0 Å². The summed E-state index contributed by atoms with van der Waals surface area (Å²) in [5.41, 5.74) is -1.78. The number of nitriles is 1. The number of nitrogens with zero attached hydrogens (tertiary/aromatic N) is 1. The first-order valence-electron chi connectivity index (χ1n) is 6.28. The Bertz CT molecular complexity index is 763. The second-order valence-electron chi connectivity index (χ2n) is 4.86. The van der Waals surface area contributed by atoms with Crippen molar-refractivity contribution in [1.29, 1.82) is 5.26 Å². The van der Waals surface area contributed by atoms with Gasteiger partial charge in [0, 0.05) is 10.6 Å². The lowest BCUT2D eigenvalue weighted by molar-refractivity contribution is -0.125. The second-order valence-corrected chi connectivity index (χ2v) is 5.29. The Balaban J connectivity index is 2.70. The molecule has 2 rings (SSSR count). The Labute approximate surface area is 131 Å². The normalized spacial score (nSPS) is 20.1. The van der Waals surface area contributed by atoms with E-state index in [1.54, 1.807) is 0 Å². The standard InChI is InChI=1S/C15H11ClN2O4/c1-15(7-17)10-6-8(16)2-3-9(10)12(20)11(13(15)21)14(22)18-4-5-19/h2-3,5-6,20H,4H2,1H3,(H,18,22)/t15-/m0/s1. The van der Waals surface area contributed by atoms with E-state index in [1.165, 1.54) is 25.1 Å². The van der Waals surface area contributed by atoms with Gasteiger partial charge in [0.15, 0.2) is 5.78 Å². The summed E-state index contributed by atoms with van der Waals surface area (Å²) >= 11 is 5.89. The van der Waals surface area contributed by atoms with Gasteiger partial charge in [-0.2, -0.15) is 5.26 Å². The predicted molar refractivity (Wildman–Crippen MR) is 78.0 cm³/mol. The van der Waals surface area contributed by atoms with Crippen LogP contribution in [0.4, 0.5) is 0 Å². The number of fused-ring (bicyclic) bond motifs is 1. The summed E-state index contributed by atoms with van der Waals surface area (Å²) in [6.45, 7) is 1.05. The van der Waals surface area contributed by atoms with E-state index in [0.29, 0.717) is 11.3 Å². The van der Waals surface area contributed by atoms with Gasteiger partial charge in [-0.25, -0.2) is 0 Å². The molecule has 0 bridgehead atoms. The van der Waals surface area contributed by atoms with E-state index in [2.05, 4.69) is 5.32 Å². The van der Waals surface area contributed by atoms with Crippen LogP contribution in [0.15, 0.2) is 23.8 Å². The molecule has 0 aromatic heterocycles. The molecule has 112 valence electrons. The Kier molecular flexibility index (Phi) is 4.02. The molecule has 0 radical (unpaired) electrons. The first-order valence-corrected chi connectivity index (χ1v) is 6.66. The zero-order valence-corrected chi connectivity index (χ0v) is 12.3. The molecule has 1 amide bonds. The highest BCUT2D eigenvalue weighted by Crippen LogP contribution is 2.40. The van der Waals surface area contributed by atoms with Crippen LogP contribution in [-0.2, 0) is 19.8 Å². The van der Waals surface area contributed by atoms with Gasteiger partial charge in [0.2, 0.25) is 0 Å². The molecule has 2 N–H and O–H groups in total. The van der Waals surface area contributed by atoms with Crippen LogP contribution < -0.4 is 5.32 Å². The molecular weight excluding hydrogens is 308 g/mol. The molecule has 1 aromatic carbocycles. The number of aliphatic hydroxyl groups is 1. The van der Waals surface area contributed by atoms with E-state index >= 15 is 0 Å². The summed E-state index contributed by atoms with van der Waals surface area (Å²) in [4.78, 5) is 34.9. The number of aldehydes is 1. The molecule has 1 atom stereocenters. The van der Waals surface area contributed by atoms with Crippen molar-refractivity contribution in [3.8, 4) is 6.07 Å². The quantitative estimate of drug-likeness (QED) is 0.645. The first-order chi connectivity index (χ1) is 10.4. The van der Waals surface area contributed by atoms with Gasteiger partial charge in [-0.1, -0.05) is 11.6 Å². The molecule has 0 heterocycles. The molecule has 1 aliphatic carbocycles. The second kappa shape index (κ2) is 5.62. The Morgan fingerprint density at radius 1 is 1.55 bits per heavy atom. The number of halogens is 1. The first kappa shape index (κ1) is 15.7. The number of Topliss-reactive ketones (excluding diaryl/α,β-unsaturated/α-hetero) is 1. The molecular formula is C15H11ClN2O4. The number of amides is 1. The van der Waals surface area contributed by atoms with Crippen molar-refractivity contribution in [2.75, 3.05) is 6.54 Å². The molecule has 0 spiro atoms. The number of rotatable bonds is 3. The molecule has 6 nitrogen and oxygen atoms in total. The van der Waals surface area contributed by atoms with Crippen molar-refractivity contribution in [1.82, 2.24) is 5.32 Å². The van der Waals surface area contributed by atoms with E-state index in [0.717, 1.165) is 0 Å². The lowest BCUT2D eigenvalue weighted by Gasteiger charge is -2.29. The van der Waals surface area contributed by atoms with Crippen LogP contribution in [0.25, 0.3) is 5.76 Å². The number of nitrogens with one attached hydrogen (secondary N) is 1. The van der Waals surface area contributed by atoms with Gasteiger partial charge >= 0.3 is 0 Å². The van der Waals surface area contributed by atoms with Crippen molar-refractivity contribution in [3.63, 3.8) is 0 Å². The van der Waals surface area contributed by atoms with Gasteiger partial charge in [0.25, 0.3) is 5.91 Å². The molecule has 0 fully saturated rings. The zero-order chi connectivity index (χ0) is 16.5. The number of carbonyl (C=O) groups is 3. The van der Waals surface area contributed by atoms with E-state index in [1.807, 2.05) is 6.07 Å². The summed E-state index contributed by atoms with van der Waals surface area (Å²) < 4.78 is 0. The molecule has 22 heavy (non-hydrogen) atoms.